The number of carboxylic acids is 1. The number of aryl methyl sites for hydroxylation is 2. The summed E-state index contributed by atoms with van der Waals surface area (Å²) in [5, 5.41) is 14.0. The maximum absolute atomic E-state index is 11.8. The SMILES string of the molecule is Cc1ccc(NC(=O)Nc2ccc(C(=O)O)nc2)cc1C. The lowest BCUT2D eigenvalue weighted by Gasteiger charge is -2.09. The number of aromatic carboxylic acids is 1. The molecule has 0 aliphatic rings. The number of carbonyl (C=O) groups is 2. The van der Waals surface area contributed by atoms with Gasteiger partial charge in [-0.15, -0.1) is 0 Å². The predicted octanol–water partition coefficient (Wildman–Crippen LogP) is 3.04. The van der Waals surface area contributed by atoms with E-state index in [0.717, 1.165) is 11.1 Å². The van der Waals surface area contributed by atoms with Crippen LogP contribution in [0.4, 0.5) is 16.2 Å². The Bertz CT molecular complexity index is 681. The number of benzene rings is 1. The van der Waals surface area contributed by atoms with E-state index in [1.165, 1.54) is 18.3 Å². The Kier molecular flexibility index (Phi) is 4.18. The van der Waals surface area contributed by atoms with E-state index >= 15 is 0 Å². The number of nitrogens with one attached hydrogen (secondary N) is 2. The van der Waals surface area contributed by atoms with E-state index in [1.807, 2.05) is 32.0 Å². The van der Waals surface area contributed by atoms with Crippen LogP contribution < -0.4 is 10.6 Å². The monoisotopic (exact) mass is 285 g/mol. The van der Waals surface area contributed by atoms with E-state index in [-0.39, 0.29) is 5.69 Å². The molecule has 0 radical (unpaired) electrons. The molecular formula is C15H15N3O3. The van der Waals surface area contributed by atoms with Gasteiger partial charge in [-0.1, -0.05) is 6.07 Å². The number of carbonyl (C=O) groups excluding carboxylic acids is 1. The molecule has 6 nitrogen and oxygen atoms in total. The number of anilines is 2. The fraction of sp³-hybridized carbons (Fsp3) is 0.133. The summed E-state index contributed by atoms with van der Waals surface area (Å²) in [7, 11) is 0. The van der Waals surface area contributed by atoms with Crippen molar-refractivity contribution in [3.8, 4) is 0 Å². The fourth-order valence-electron chi connectivity index (χ4n) is 1.71. The second-order valence-corrected chi connectivity index (χ2v) is 4.62. The highest BCUT2D eigenvalue weighted by Crippen LogP contribution is 2.14. The number of nitrogens with zero attached hydrogens (tertiary/aromatic N) is 1. The van der Waals surface area contributed by atoms with Crippen molar-refractivity contribution in [1.29, 1.82) is 0 Å². The van der Waals surface area contributed by atoms with Crippen LogP contribution in [-0.2, 0) is 0 Å². The minimum absolute atomic E-state index is 0.0740. The summed E-state index contributed by atoms with van der Waals surface area (Å²) in [6.07, 6.45) is 1.30. The number of rotatable bonds is 3. The van der Waals surface area contributed by atoms with Crippen molar-refractivity contribution in [2.24, 2.45) is 0 Å². The van der Waals surface area contributed by atoms with Gasteiger partial charge < -0.3 is 15.7 Å². The van der Waals surface area contributed by atoms with Gasteiger partial charge in [0.15, 0.2) is 0 Å². The zero-order chi connectivity index (χ0) is 15.4. The van der Waals surface area contributed by atoms with Crippen LogP contribution in [0.3, 0.4) is 0 Å². The molecule has 0 fully saturated rings. The van der Waals surface area contributed by atoms with Crippen molar-refractivity contribution in [2.75, 3.05) is 10.6 Å². The van der Waals surface area contributed by atoms with Crippen LogP contribution in [0.15, 0.2) is 36.5 Å². The second kappa shape index (κ2) is 6.04. The average molecular weight is 285 g/mol. The molecule has 0 unspecified atom stereocenters. The lowest BCUT2D eigenvalue weighted by molar-refractivity contribution is 0.0690. The van der Waals surface area contributed by atoms with Gasteiger partial charge in [-0.05, 0) is 49.2 Å². The van der Waals surface area contributed by atoms with Crippen LogP contribution in [0, 0.1) is 13.8 Å². The summed E-state index contributed by atoms with van der Waals surface area (Å²) in [6.45, 7) is 3.96. The van der Waals surface area contributed by atoms with Crippen LogP contribution in [0.25, 0.3) is 0 Å². The topological polar surface area (TPSA) is 91.3 Å². The third-order valence-electron chi connectivity index (χ3n) is 3.01. The molecule has 2 amide bonds. The molecule has 2 aromatic rings. The minimum atomic E-state index is -1.11. The first-order valence-corrected chi connectivity index (χ1v) is 6.30. The smallest absolute Gasteiger partial charge is 0.354 e. The quantitative estimate of drug-likeness (QED) is 0.808. The summed E-state index contributed by atoms with van der Waals surface area (Å²) in [6, 6.07) is 8.01. The number of aromatic nitrogens is 1. The van der Waals surface area contributed by atoms with Gasteiger partial charge in [-0.2, -0.15) is 0 Å². The van der Waals surface area contributed by atoms with Gasteiger partial charge in [0.2, 0.25) is 0 Å². The highest BCUT2D eigenvalue weighted by molar-refractivity contribution is 5.99. The van der Waals surface area contributed by atoms with Gasteiger partial charge in [0.25, 0.3) is 0 Å². The normalized spacial score (nSPS) is 10.0. The Morgan fingerprint density at radius 3 is 2.24 bits per heavy atom. The maximum atomic E-state index is 11.8. The summed E-state index contributed by atoms with van der Waals surface area (Å²) in [5.41, 5.74) is 3.26. The number of hydrogen-bond donors (Lipinski definition) is 3. The number of pyridine rings is 1. The molecule has 2 rings (SSSR count). The fourth-order valence-corrected chi connectivity index (χ4v) is 1.71. The molecule has 0 saturated heterocycles. The van der Waals surface area contributed by atoms with E-state index < -0.39 is 12.0 Å². The third kappa shape index (κ3) is 3.79. The number of amides is 2. The molecular weight excluding hydrogens is 270 g/mol. The van der Waals surface area contributed by atoms with Gasteiger partial charge in [0.1, 0.15) is 5.69 Å². The third-order valence-corrected chi connectivity index (χ3v) is 3.01. The first-order valence-electron chi connectivity index (χ1n) is 6.30. The average Bonchev–Trinajstić information content (AvgIpc) is 2.43. The lowest BCUT2D eigenvalue weighted by atomic mass is 10.1. The molecule has 0 saturated carbocycles. The molecule has 1 aromatic heterocycles. The summed E-state index contributed by atoms with van der Waals surface area (Å²) in [4.78, 5) is 26.2. The van der Waals surface area contributed by atoms with E-state index in [2.05, 4.69) is 15.6 Å². The number of hydrogen-bond acceptors (Lipinski definition) is 3. The molecule has 0 bridgehead atoms. The Balaban J connectivity index is 2.01. The Labute approximate surface area is 121 Å². The van der Waals surface area contributed by atoms with Crippen molar-refractivity contribution >= 4 is 23.4 Å². The van der Waals surface area contributed by atoms with Gasteiger partial charge in [-0.3, -0.25) is 0 Å². The molecule has 0 spiro atoms. The van der Waals surface area contributed by atoms with Crippen molar-refractivity contribution in [3.63, 3.8) is 0 Å². The molecule has 0 aliphatic carbocycles. The van der Waals surface area contributed by atoms with Crippen molar-refractivity contribution in [3.05, 3.63) is 53.3 Å². The van der Waals surface area contributed by atoms with Crippen molar-refractivity contribution in [2.45, 2.75) is 13.8 Å². The van der Waals surface area contributed by atoms with Crippen LogP contribution in [0.2, 0.25) is 0 Å². The molecule has 0 atom stereocenters. The molecule has 0 aliphatic heterocycles. The molecule has 3 N–H and O–H groups in total. The largest absolute Gasteiger partial charge is 0.477 e. The molecule has 21 heavy (non-hydrogen) atoms. The summed E-state index contributed by atoms with van der Waals surface area (Å²) >= 11 is 0. The van der Waals surface area contributed by atoms with Gasteiger partial charge in [-0.25, -0.2) is 14.6 Å². The predicted molar refractivity (Wildman–Crippen MR) is 79.8 cm³/mol. The lowest BCUT2D eigenvalue weighted by Crippen LogP contribution is -2.19. The summed E-state index contributed by atoms with van der Waals surface area (Å²) in [5.74, 6) is -1.11. The first-order chi connectivity index (χ1) is 9.95. The zero-order valence-corrected chi connectivity index (χ0v) is 11.7. The Hall–Kier alpha value is -2.89. The van der Waals surface area contributed by atoms with Crippen molar-refractivity contribution < 1.29 is 14.7 Å². The first kappa shape index (κ1) is 14.5. The van der Waals surface area contributed by atoms with Gasteiger partial charge in [0.05, 0.1) is 11.9 Å². The van der Waals surface area contributed by atoms with Crippen LogP contribution in [0.5, 0.6) is 0 Å². The van der Waals surface area contributed by atoms with Crippen molar-refractivity contribution in [1.82, 2.24) is 4.98 Å². The molecule has 6 heteroatoms. The van der Waals surface area contributed by atoms with Crippen LogP contribution in [-0.4, -0.2) is 22.1 Å². The summed E-state index contributed by atoms with van der Waals surface area (Å²) < 4.78 is 0. The second-order valence-electron chi connectivity index (χ2n) is 4.62. The van der Waals surface area contributed by atoms with E-state index in [1.54, 1.807) is 0 Å². The van der Waals surface area contributed by atoms with Gasteiger partial charge >= 0.3 is 12.0 Å². The number of urea groups is 1. The molecule has 1 heterocycles. The van der Waals surface area contributed by atoms with E-state index in [4.69, 9.17) is 5.11 Å². The standard InChI is InChI=1S/C15H15N3O3/c1-9-3-4-11(7-10(9)2)17-15(21)18-12-5-6-13(14(19)20)16-8-12/h3-8H,1-2H3,(H,19,20)(H2,17,18,21). The molecule has 108 valence electrons. The Morgan fingerprint density at radius 1 is 1.00 bits per heavy atom. The van der Waals surface area contributed by atoms with Crippen LogP contribution in [0.1, 0.15) is 21.6 Å². The van der Waals surface area contributed by atoms with E-state index in [9.17, 15) is 9.59 Å². The van der Waals surface area contributed by atoms with Crippen LogP contribution >= 0.6 is 0 Å². The highest BCUT2D eigenvalue weighted by atomic mass is 16.4. The zero-order valence-electron chi connectivity index (χ0n) is 11.7. The number of carboxylic acid groups (broad SMARTS) is 1. The minimum Gasteiger partial charge on any atom is -0.477 e. The van der Waals surface area contributed by atoms with Gasteiger partial charge in [0, 0.05) is 5.69 Å². The Morgan fingerprint density at radius 2 is 1.67 bits per heavy atom. The maximum Gasteiger partial charge on any atom is 0.354 e. The molecule has 1 aromatic carbocycles. The van der Waals surface area contributed by atoms with E-state index in [0.29, 0.717) is 11.4 Å². The highest BCUT2D eigenvalue weighted by Gasteiger charge is 2.06.